The maximum absolute atomic E-state index is 12.8. The quantitative estimate of drug-likeness (QED) is 0.332. The second-order valence-electron chi connectivity index (χ2n) is 10.2. The molecular formula is C31H34N4O3. The molecule has 0 atom stereocenters. The van der Waals surface area contributed by atoms with Crippen LogP contribution in [-0.2, 0) is 11.4 Å². The topological polar surface area (TPSA) is 59.3 Å². The molecule has 1 aliphatic carbocycles. The van der Waals surface area contributed by atoms with E-state index in [1.807, 2.05) is 47.0 Å². The molecule has 0 N–H and O–H groups in total. The molecule has 2 aliphatic rings. The number of fused-ring (bicyclic) bond motifs is 1. The first-order chi connectivity index (χ1) is 18.7. The highest BCUT2D eigenvalue weighted by molar-refractivity contribution is 5.79. The Kier molecular flexibility index (Phi) is 6.90. The van der Waals surface area contributed by atoms with Gasteiger partial charge < -0.3 is 23.7 Å². The standard InChI is InChI=1S/C31H34N4O3/c1-37-26-11-12-27(29(20-26)38-22-23-7-3-2-4-8-23)28-21-35-14-13-25(19-30(35)32-28)33-15-17-34(18-16-33)31(36)24-9-5-6-10-24/h2-4,7-8,11-14,19-21,24H,5-6,9-10,15-18,22H2,1H3. The summed E-state index contributed by atoms with van der Waals surface area (Å²) >= 11 is 0. The Labute approximate surface area is 223 Å². The average Bonchev–Trinajstić information content (AvgIpc) is 3.66. The van der Waals surface area contributed by atoms with Crippen LogP contribution in [0.15, 0.2) is 73.1 Å². The first kappa shape index (κ1) is 24.3. The van der Waals surface area contributed by atoms with E-state index in [1.165, 1.54) is 12.8 Å². The number of piperazine rings is 1. The molecule has 0 spiro atoms. The number of benzene rings is 2. The zero-order chi connectivity index (χ0) is 25.9. The lowest BCUT2D eigenvalue weighted by Gasteiger charge is -2.37. The molecule has 2 aromatic heterocycles. The van der Waals surface area contributed by atoms with E-state index in [2.05, 4.69) is 40.3 Å². The van der Waals surface area contributed by atoms with Crippen molar-refractivity contribution in [3.63, 3.8) is 0 Å². The van der Waals surface area contributed by atoms with Crippen LogP contribution in [0, 0.1) is 5.92 Å². The van der Waals surface area contributed by atoms with Crippen LogP contribution in [0.4, 0.5) is 5.69 Å². The fourth-order valence-corrected chi connectivity index (χ4v) is 5.61. The molecule has 7 heteroatoms. The molecule has 1 saturated carbocycles. The number of amides is 1. The minimum Gasteiger partial charge on any atom is -0.497 e. The number of ether oxygens (including phenoxy) is 2. The van der Waals surface area contributed by atoms with Gasteiger partial charge in [-0.05, 0) is 36.6 Å². The van der Waals surface area contributed by atoms with E-state index in [-0.39, 0.29) is 5.92 Å². The molecule has 0 bridgehead atoms. The lowest BCUT2D eigenvalue weighted by molar-refractivity contribution is -0.135. The van der Waals surface area contributed by atoms with Crippen molar-refractivity contribution in [1.82, 2.24) is 14.3 Å². The minimum atomic E-state index is 0.251. The van der Waals surface area contributed by atoms with Crippen molar-refractivity contribution in [3.05, 3.63) is 78.6 Å². The smallest absolute Gasteiger partial charge is 0.225 e. The number of imidazole rings is 1. The maximum atomic E-state index is 12.8. The normalized spacial score (nSPS) is 16.2. The van der Waals surface area contributed by atoms with Gasteiger partial charge >= 0.3 is 0 Å². The molecule has 0 unspecified atom stereocenters. The van der Waals surface area contributed by atoms with E-state index in [4.69, 9.17) is 14.5 Å². The fraction of sp³-hybridized carbons (Fsp3) is 0.355. The van der Waals surface area contributed by atoms with Crippen molar-refractivity contribution in [2.24, 2.45) is 5.92 Å². The highest BCUT2D eigenvalue weighted by Gasteiger charge is 2.29. The number of nitrogens with zero attached hydrogens (tertiary/aromatic N) is 4. The third-order valence-electron chi connectivity index (χ3n) is 7.81. The summed E-state index contributed by atoms with van der Waals surface area (Å²) < 4.78 is 13.7. The van der Waals surface area contributed by atoms with Crippen molar-refractivity contribution < 1.29 is 14.3 Å². The van der Waals surface area contributed by atoms with E-state index >= 15 is 0 Å². The number of anilines is 1. The Hall–Kier alpha value is -4.00. The molecule has 1 saturated heterocycles. The van der Waals surface area contributed by atoms with E-state index in [9.17, 15) is 4.79 Å². The third kappa shape index (κ3) is 5.05. The van der Waals surface area contributed by atoms with Gasteiger partial charge in [0, 0.05) is 67.9 Å². The number of pyridine rings is 1. The summed E-state index contributed by atoms with van der Waals surface area (Å²) in [6.07, 6.45) is 8.61. The van der Waals surface area contributed by atoms with Crippen molar-refractivity contribution in [2.75, 3.05) is 38.2 Å². The molecule has 2 aromatic carbocycles. The Morgan fingerprint density at radius 1 is 0.974 bits per heavy atom. The number of carbonyl (C=O) groups excluding carboxylic acids is 1. The Balaban J connectivity index is 1.19. The summed E-state index contributed by atoms with van der Waals surface area (Å²) in [4.78, 5) is 22.2. The van der Waals surface area contributed by atoms with Crippen LogP contribution < -0.4 is 14.4 Å². The number of hydrogen-bond acceptors (Lipinski definition) is 5. The number of carbonyl (C=O) groups is 1. The van der Waals surface area contributed by atoms with Crippen molar-refractivity contribution in [1.29, 1.82) is 0 Å². The molecule has 1 aliphatic heterocycles. The molecule has 0 radical (unpaired) electrons. The Morgan fingerprint density at radius 3 is 2.53 bits per heavy atom. The summed E-state index contributed by atoms with van der Waals surface area (Å²) in [6.45, 7) is 3.73. The van der Waals surface area contributed by atoms with Gasteiger partial charge in [0.15, 0.2) is 0 Å². The first-order valence-corrected chi connectivity index (χ1v) is 13.6. The molecule has 3 heterocycles. The van der Waals surface area contributed by atoms with Crippen LogP contribution in [0.5, 0.6) is 11.5 Å². The van der Waals surface area contributed by atoms with E-state index < -0.39 is 0 Å². The number of methoxy groups -OCH3 is 1. The zero-order valence-electron chi connectivity index (χ0n) is 21.9. The van der Waals surface area contributed by atoms with Crippen LogP contribution in [0.25, 0.3) is 16.9 Å². The highest BCUT2D eigenvalue weighted by atomic mass is 16.5. The molecule has 196 valence electrons. The van der Waals surface area contributed by atoms with Crippen LogP contribution in [0.1, 0.15) is 31.2 Å². The summed E-state index contributed by atoms with van der Waals surface area (Å²) in [5, 5.41) is 0. The van der Waals surface area contributed by atoms with E-state index in [0.29, 0.717) is 12.5 Å². The third-order valence-corrected chi connectivity index (χ3v) is 7.81. The number of hydrogen-bond donors (Lipinski definition) is 0. The van der Waals surface area contributed by atoms with Gasteiger partial charge in [-0.2, -0.15) is 0 Å². The second-order valence-corrected chi connectivity index (χ2v) is 10.2. The van der Waals surface area contributed by atoms with Gasteiger partial charge in [0.05, 0.1) is 12.8 Å². The van der Waals surface area contributed by atoms with Crippen molar-refractivity contribution in [2.45, 2.75) is 32.3 Å². The summed E-state index contributed by atoms with van der Waals surface area (Å²) in [5.41, 5.74) is 4.89. The molecule has 1 amide bonds. The van der Waals surface area contributed by atoms with Gasteiger partial charge in [-0.3, -0.25) is 4.79 Å². The van der Waals surface area contributed by atoms with Gasteiger partial charge in [-0.25, -0.2) is 4.98 Å². The monoisotopic (exact) mass is 510 g/mol. The number of aromatic nitrogens is 2. The second kappa shape index (κ2) is 10.8. The van der Waals surface area contributed by atoms with Crippen LogP contribution in [0.2, 0.25) is 0 Å². The van der Waals surface area contributed by atoms with Crippen molar-refractivity contribution in [3.8, 4) is 22.8 Å². The Bertz CT molecular complexity index is 1400. The molecular weight excluding hydrogens is 476 g/mol. The molecule has 4 aromatic rings. The lowest BCUT2D eigenvalue weighted by Crippen LogP contribution is -2.50. The predicted molar refractivity (Wildman–Crippen MR) is 149 cm³/mol. The summed E-state index contributed by atoms with van der Waals surface area (Å²) in [6, 6.07) is 20.2. The first-order valence-electron chi connectivity index (χ1n) is 13.6. The van der Waals surface area contributed by atoms with Crippen LogP contribution in [-0.4, -0.2) is 53.5 Å². The SMILES string of the molecule is COc1ccc(-c2cn3ccc(N4CCN(C(=O)C5CCCC5)CC4)cc3n2)c(OCc2ccccc2)c1. The Morgan fingerprint density at radius 2 is 1.76 bits per heavy atom. The fourth-order valence-electron chi connectivity index (χ4n) is 5.61. The lowest BCUT2D eigenvalue weighted by atomic mass is 10.1. The van der Waals surface area contributed by atoms with Crippen LogP contribution >= 0.6 is 0 Å². The van der Waals surface area contributed by atoms with Gasteiger partial charge in [-0.1, -0.05) is 43.2 Å². The average molecular weight is 511 g/mol. The minimum absolute atomic E-state index is 0.251. The van der Waals surface area contributed by atoms with Gasteiger partial charge in [0.1, 0.15) is 23.8 Å². The summed E-state index contributed by atoms with van der Waals surface area (Å²) in [7, 11) is 1.66. The summed E-state index contributed by atoms with van der Waals surface area (Å²) in [5.74, 6) is 2.09. The largest absolute Gasteiger partial charge is 0.497 e. The van der Waals surface area contributed by atoms with Crippen molar-refractivity contribution >= 4 is 17.2 Å². The molecule has 7 nitrogen and oxygen atoms in total. The highest BCUT2D eigenvalue weighted by Crippen LogP contribution is 2.34. The van der Waals surface area contributed by atoms with Gasteiger partial charge in [0.2, 0.25) is 5.91 Å². The molecule has 6 rings (SSSR count). The molecule has 2 fully saturated rings. The van der Waals surface area contributed by atoms with Gasteiger partial charge in [0.25, 0.3) is 0 Å². The molecule has 38 heavy (non-hydrogen) atoms. The number of rotatable bonds is 7. The maximum Gasteiger partial charge on any atom is 0.225 e. The van der Waals surface area contributed by atoms with Crippen LogP contribution in [0.3, 0.4) is 0 Å². The van der Waals surface area contributed by atoms with Gasteiger partial charge in [-0.15, -0.1) is 0 Å². The predicted octanol–water partition coefficient (Wildman–Crippen LogP) is 5.43. The zero-order valence-corrected chi connectivity index (χ0v) is 21.9. The van der Waals surface area contributed by atoms with E-state index in [1.54, 1.807) is 7.11 Å². The van der Waals surface area contributed by atoms with E-state index in [0.717, 1.165) is 78.7 Å².